The molecule has 0 aliphatic heterocycles. The highest BCUT2D eigenvalue weighted by Gasteiger charge is 2.19. The fourth-order valence-corrected chi connectivity index (χ4v) is 3.91. The SMILES string of the molecule is C[C@H](Sc1nnc(-c2cc(Cl)ccc2Cl)n1N)c1ccccc1Cl. The number of nitrogens with two attached hydrogens (primary N) is 1. The Hall–Kier alpha value is -1.40. The van der Waals surface area contributed by atoms with E-state index >= 15 is 0 Å². The van der Waals surface area contributed by atoms with Gasteiger partial charge in [-0.3, -0.25) is 0 Å². The van der Waals surface area contributed by atoms with Gasteiger partial charge in [0.15, 0.2) is 5.82 Å². The summed E-state index contributed by atoms with van der Waals surface area (Å²) in [7, 11) is 0. The molecule has 3 rings (SSSR count). The van der Waals surface area contributed by atoms with E-state index in [1.54, 1.807) is 18.2 Å². The standard InChI is InChI=1S/C16H13Cl3N4S/c1-9(11-4-2-3-5-13(11)18)24-16-22-21-15(23(16)20)12-8-10(17)6-7-14(12)19/h2-9H,20H2,1H3/t9-/m0/s1. The molecule has 1 aromatic heterocycles. The monoisotopic (exact) mass is 398 g/mol. The summed E-state index contributed by atoms with van der Waals surface area (Å²) in [6.07, 6.45) is 0. The van der Waals surface area contributed by atoms with E-state index in [2.05, 4.69) is 10.2 Å². The molecule has 0 aliphatic rings. The number of thioether (sulfide) groups is 1. The Labute approximate surface area is 158 Å². The smallest absolute Gasteiger partial charge is 0.210 e. The molecule has 0 saturated carbocycles. The maximum Gasteiger partial charge on any atom is 0.210 e. The molecule has 2 N–H and O–H groups in total. The maximum absolute atomic E-state index is 6.24. The first-order valence-electron chi connectivity index (χ1n) is 7.04. The zero-order valence-electron chi connectivity index (χ0n) is 12.6. The first-order valence-corrected chi connectivity index (χ1v) is 9.05. The fraction of sp³-hybridized carbons (Fsp3) is 0.125. The lowest BCUT2D eigenvalue weighted by Crippen LogP contribution is -2.12. The number of aromatic nitrogens is 3. The third-order valence-corrected chi connectivity index (χ3v) is 5.46. The second-order valence-electron chi connectivity index (χ2n) is 5.08. The van der Waals surface area contributed by atoms with E-state index < -0.39 is 0 Å². The number of benzene rings is 2. The third kappa shape index (κ3) is 3.49. The molecule has 1 heterocycles. The molecule has 8 heteroatoms. The molecule has 0 spiro atoms. The van der Waals surface area contributed by atoms with Gasteiger partial charge in [-0.25, -0.2) is 4.68 Å². The minimum Gasteiger partial charge on any atom is -0.335 e. The average molecular weight is 400 g/mol. The molecule has 24 heavy (non-hydrogen) atoms. The van der Waals surface area contributed by atoms with Gasteiger partial charge in [-0.2, -0.15) is 0 Å². The number of nitrogen functional groups attached to an aromatic ring is 1. The molecule has 2 aromatic carbocycles. The summed E-state index contributed by atoms with van der Waals surface area (Å²) in [5.74, 6) is 6.61. The molecule has 4 nitrogen and oxygen atoms in total. The van der Waals surface area contributed by atoms with Crippen molar-refractivity contribution in [3.05, 3.63) is 63.1 Å². The number of nitrogens with zero attached hydrogens (tertiary/aromatic N) is 3. The molecule has 0 fully saturated rings. The van der Waals surface area contributed by atoms with Crippen LogP contribution in [0.15, 0.2) is 47.6 Å². The topological polar surface area (TPSA) is 56.7 Å². The summed E-state index contributed by atoms with van der Waals surface area (Å²) in [6, 6.07) is 12.8. The van der Waals surface area contributed by atoms with Crippen LogP contribution in [0.4, 0.5) is 0 Å². The lowest BCUT2D eigenvalue weighted by Gasteiger charge is -2.12. The highest BCUT2D eigenvalue weighted by Crippen LogP contribution is 2.38. The lowest BCUT2D eigenvalue weighted by molar-refractivity contribution is 0.844. The van der Waals surface area contributed by atoms with Crippen LogP contribution in [-0.2, 0) is 0 Å². The van der Waals surface area contributed by atoms with Crippen molar-refractivity contribution in [2.45, 2.75) is 17.3 Å². The van der Waals surface area contributed by atoms with E-state index in [1.807, 2.05) is 31.2 Å². The van der Waals surface area contributed by atoms with Crippen molar-refractivity contribution >= 4 is 46.6 Å². The van der Waals surface area contributed by atoms with Crippen molar-refractivity contribution in [3.63, 3.8) is 0 Å². The van der Waals surface area contributed by atoms with Crippen molar-refractivity contribution in [2.24, 2.45) is 0 Å². The highest BCUT2D eigenvalue weighted by molar-refractivity contribution is 7.99. The summed E-state index contributed by atoms with van der Waals surface area (Å²) in [4.78, 5) is 0. The van der Waals surface area contributed by atoms with Crippen molar-refractivity contribution < 1.29 is 0 Å². The van der Waals surface area contributed by atoms with Crippen molar-refractivity contribution in [1.82, 2.24) is 14.9 Å². The Bertz CT molecular complexity index is 882. The molecular weight excluding hydrogens is 387 g/mol. The van der Waals surface area contributed by atoms with Crippen LogP contribution < -0.4 is 5.84 Å². The molecule has 0 radical (unpaired) electrons. The number of halogens is 3. The molecule has 0 amide bonds. The molecule has 0 saturated heterocycles. The van der Waals surface area contributed by atoms with Crippen LogP contribution in [-0.4, -0.2) is 14.9 Å². The van der Waals surface area contributed by atoms with Gasteiger partial charge in [-0.05, 0) is 36.8 Å². The summed E-state index contributed by atoms with van der Waals surface area (Å²) in [5.41, 5.74) is 1.64. The van der Waals surface area contributed by atoms with Gasteiger partial charge in [-0.1, -0.05) is 64.8 Å². The molecule has 1 atom stereocenters. The fourth-order valence-electron chi connectivity index (χ4n) is 2.24. The summed E-state index contributed by atoms with van der Waals surface area (Å²) in [5, 5.41) is 10.7. The Morgan fingerprint density at radius 3 is 2.54 bits per heavy atom. The number of rotatable bonds is 4. The van der Waals surface area contributed by atoms with Gasteiger partial charge in [0.2, 0.25) is 5.16 Å². The van der Waals surface area contributed by atoms with Gasteiger partial charge < -0.3 is 5.84 Å². The minimum absolute atomic E-state index is 0.0629. The zero-order valence-corrected chi connectivity index (χ0v) is 15.7. The Morgan fingerprint density at radius 2 is 1.79 bits per heavy atom. The van der Waals surface area contributed by atoms with Crippen molar-refractivity contribution in [2.75, 3.05) is 5.84 Å². The van der Waals surface area contributed by atoms with Crippen LogP contribution in [0.3, 0.4) is 0 Å². The molecule has 0 aliphatic carbocycles. The van der Waals surface area contributed by atoms with Crippen molar-refractivity contribution in [3.8, 4) is 11.4 Å². The van der Waals surface area contributed by atoms with Gasteiger partial charge in [0.1, 0.15) is 0 Å². The van der Waals surface area contributed by atoms with Gasteiger partial charge in [-0.15, -0.1) is 10.2 Å². The number of hydrogen-bond donors (Lipinski definition) is 1. The van der Waals surface area contributed by atoms with Gasteiger partial charge in [0, 0.05) is 20.9 Å². The van der Waals surface area contributed by atoms with Crippen LogP contribution in [0.25, 0.3) is 11.4 Å². The van der Waals surface area contributed by atoms with E-state index in [1.165, 1.54) is 16.4 Å². The molecule has 0 unspecified atom stereocenters. The van der Waals surface area contributed by atoms with E-state index in [0.717, 1.165) is 5.56 Å². The van der Waals surface area contributed by atoms with E-state index in [4.69, 9.17) is 40.6 Å². The third-order valence-electron chi connectivity index (χ3n) is 3.46. The van der Waals surface area contributed by atoms with E-state index in [9.17, 15) is 0 Å². The first kappa shape index (κ1) is 17.4. The van der Waals surface area contributed by atoms with Gasteiger partial charge >= 0.3 is 0 Å². The molecule has 3 aromatic rings. The van der Waals surface area contributed by atoms with Crippen molar-refractivity contribution in [1.29, 1.82) is 0 Å². The van der Waals surface area contributed by atoms with Crippen LogP contribution in [0.2, 0.25) is 15.1 Å². The first-order chi connectivity index (χ1) is 11.5. The number of hydrogen-bond acceptors (Lipinski definition) is 4. The molecule has 0 bridgehead atoms. The average Bonchev–Trinajstić information content (AvgIpc) is 2.91. The van der Waals surface area contributed by atoms with Gasteiger partial charge in [0.05, 0.1) is 5.02 Å². The molecule has 124 valence electrons. The van der Waals surface area contributed by atoms with Crippen LogP contribution >= 0.6 is 46.6 Å². The second kappa shape index (κ2) is 7.23. The van der Waals surface area contributed by atoms with Crippen LogP contribution in [0, 0.1) is 0 Å². The minimum atomic E-state index is 0.0629. The maximum atomic E-state index is 6.24. The Morgan fingerprint density at radius 1 is 1.04 bits per heavy atom. The quantitative estimate of drug-likeness (QED) is 0.466. The van der Waals surface area contributed by atoms with E-state index in [0.29, 0.717) is 31.6 Å². The van der Waals surface area contributed by atoms with Crippen LogP contribution in [0.5, 0.6) is 0 Å². The predicted molar refractivity (Wildman–Crippen MR) is 101 cm³/mol. The lowest BCUT2D eigenvalue weighted by atomic mass is 10.2. The Kier molecular flexibility index (Phi) is 5.25. The van der Waals surface area contributed by atoms with Gasteiger partial charge in [0.25, 0.3) is 0 Å². The normalized spacial score (nSPS) is 12.3. The summed E-state index contributed by atoms with van der Waals surface area (Å²) in [6.45, 7) is 2.03. The zero-order chi connectivity index (χ0) is 17.3. The molecular formula is C16H13Cl3N4S. The summed E-state index contributed by atoms with van der Waals surface area (Å²) < 4.78 is 1.41. The summed E-state index contributed by atoms with van der Waals surface area (Å²) >= 11 is 20.0. The van der Waals surface area contributed by atoms with Crippen LogP contribution in [0.1, 0.15) is 17.7 Å². The van der Waals surface area contributed by atoms with E-state index in [-0.39, 0.29) is 5.25 Å². The largest absolute Gasteiger partial charge is 0.335 e. The predicted octanol–water partition coefficient (Wildman–Crippen LogP) is 5.47. The second-order valence-corrected chi connectivity index (χ2v) is 7.64. The Balaban J connectivity index is 1.91. The highest BCUT2D eigenvalue weighted by atomic mass is 35.5.